The van der Waals surface area contributed by atoms with E-state index in [4.69, 9.17) is 28.9 Å². The van der Waals surface area contributed by atoms with Gasteiger partial charge in [-0.3, -0.25) is 0 Å². The van der Waals surface area contributed by atoms with Gasteiger partial charge in [0.15, 0.2) is 0 Å². The van der Waals surface area contributed by atoms with Gasteiger partial charge in [0.25, 0.3) is 0 Å². The Morgan fingerprint density at radius 1 is 1.00 bits per heavy atom. The average Bonchev–Trinajstić information content (AvgIpc) is 2.30. The van der Waals surface area contributed by atoms with Crippen LogP contribution < -0.4 is 5.73 Å². The minimum absolute atomic E-state index is 0.565. The van der Waals surface area contributed by atoms with Gasteiger partial charge in [-0.25, -0.2) is 4.98 Å². The van der Waals surface area contributed by atoms with E-state index in [0.717, 1.165) is 24.0 Å². The molecule has 2 aromatic rings. The van der Waals surface area contributed by atoms with Crippen LogP contribution in [0.15, 0.2) is 36.5 Å². The molecule has 1 heterocycles. The zero-order chi connectivity index (χ0) is 12.3. The van der Waals surface area contributed by atoms with Gasteiger partial charge in [0, 0.05) is 16.2 Å². The first-order valence-electron chi connectivity index (χ1n) is 5.30. The molecule has 0 spiro atoms. The van der Waals surface area contributed by atoms with Crippen LogP contribution in [0.1, 0.15) is 11.1 Å². The number of nitrogen functional groups attached to an aromatic ring is 1. The van der Waals surface area contributed by atoms with Crippen molar-refractivity contribution in [3.8, 4) is 0 Å². The summed E-state index contributed by atoms with van der Waals surface area (Å²) < 4.78 is 0. The highest BCUT2D eigenvalue weighted by Gasteiger charge is 2.07. The summed E-state index contributed by atoms with van der Waals surface area (Å²) in [5.41, 5.74) is 7.76. The van der Waals surface area contributed by atoms with E-state index in [-0.39, 0.29) is 0 Å². The number of hydrogen-bond acceptors (Lipinski definition) is 2. The van der Waals surface area contributed by atoms with Crippen molar-refractivity contribution in [3.63, 3.8) is 0 Å². The van der Waals surface area contributed by atoms with Crippen molar-refractivity contribution >= 4 is 29.0 Å². The molecule has 0 radical (unpaired) electrons. The summed E-state index contributed by atoms with van der Waals surface area (Å²) in [6, 6.07) is 9.37. The number of rotatable bonds is 3. The molecule has 1 aromatic carbocycles. The van der Waals surface area contributed by atoms with Gasteiger partial charge in [0.1, 0.15) is 5.82 Å². The number of benzene rings is 1. The van der Waals surface area contributed by atoms with Gasteiger partial charge in [0.2, 0.25) is 0 Å². The lowest BCUT2D eigenvalue weighted by atomic mass is 10.0. The first-order valence-corrected chi connectivity index (χ1v) is 6.06. The highest BCUT2D eigenvalue weighted by atomic mass is 35.5. The standard InChI is InChI=1S/C13H12Cl2N2/c14-11-4-1-5-12(15)10(11)7-6-9-3-2-8-17-13(9)16/h1-5,8H,6-7H2,(H2,16,17). The lowest BCUT2D eigenvalue weighted by molar-refractivity contribution is 0.955. The fourth-order valence-electron chi connectivity index (χ4n) is 1.69. The van der Waals surface area contributed by atoms with E-state index in [2.05, 4.69) is 4.98 Å². The summed E-state index contributed by atoms with van der Waals surface area (Å²) in [6.07, 6.45) is 3.22. The quantitative estimate of drug-likeness (QED) is 0.919. The van der Waals surface area contributed by atoms with Crippen molar-refractivity contribution in [1.82, 2.24) is 4.98 Å². The van der Waals surface area contributed by atoms with Crippen molar-refractivity contribution in [2.24, 2.45) is 0 Å². The molecular weight excluding hydrogens is 255 g/mol. The van der Waals surface area contributed by atoms with Gasteiger partial charge in [0.05, 0.1) is 0 Å². The van der Waals surface area contributed by atoms with Gasteiger partial charge in [-0.2, -0.15) is 0 Å². The maximum atomic E-state index is 6.10. The highest BCUT2D eigenvalue weighted by molar-refractivity contribution is 6.35. The number of anilines is 1. The van der Waals surface area contributed by atoms with Crippen LogP contribution in [0.3, 0.4) is 0 Å². The molecule has 2 rings (SSSR count). The van der Waals surface area contributed by atoms with E-state index < -0.39 is 0 Å². The smallest absolute Gasteiger partial charge is 0.126 e. The van der Waals surface area contributed by atoms with E-state index in [0.29, 0.717) is 15.9 Å². The van der Waals surface area contributed by atoms with Gasteiger partial charge in [-0.05, 0) is 42.2 Å². The molecule has 4 heteroatoms. The van der Waals surface area contributed by atoms with Crippen molar-refractivity contribution in [2.45, 2.75) is 12.8 Å². The predicted octanol–water partition coefficient (Wildman–Crippen LogP) is 3.76. The minimum atomic E-state index is 0.565. The first kappa shape index (κ1) is 12.2. The zero-order valence-corrected chi connectivity index (χ0v) is 10.7. The number of nitrogens with zero attached hydrogens (tertiary/aromatic N) is 1. The van der Waals surface area contributed by atoms with Crippen LogP contribution in [0.25, 0.3) is 0 Å². The van der Waals surface area contributed by atoms with E-state index in [1.807, 2.05) is 30.3 Å². The molecule has 0 saturated heterocycles. The van der Waals surface area contributed by atoms with Crippen molar-refractivity contribution < 1.29 is 0 Å². The molecule has 0 amide bonds. The number of aromatic nitrogens is 1. The summed E-state index contributed by atoms with van der Waals surface area (Å²) in [5, 5.41) is 1.39. The topological polar surface area (TPSA) is 38.9 Å². The number of pyridine rings is 1. The largest absolute Gasteiger partial charge is 0.383 e. The molecule has 0 bridgehead atoms. The summed E-state index contributed by atoms with van der Waals surface area (Å²) in [4.78, 5) is 4.05. The van der Waals surface area contributed by atoms with Crippen LogP contribution in [0.5, 0.6) is 0 Å². The maximum Gasteiger partial charge on any atom is 0.126 e. The minimum Gasteiger partial charge on any atom is -0.383 e. The molecular formula is C13H12Cl2N2. The Kier molecular flexibility index (Phi) is 3.87. The number of hydrogen-bond donors (Lipinski definition) is 1. The van der Waals surface area contributed by atoms with E-state index in [9.17, 15) is 0 Å². The lowest BCUT2D eigenvalue weighted by Crippen LogP contribution is -1.99. The van der Waals surface area contributed by atoms with Gasteiger partial charge < -0.3 is 5.73 Å². The van der Waals surface area contributed by atoms with Crippen LogP contribution in [-0.4, -0.2) is 4.98 Å². The second-order valence-corrected chi connectivity index (χ2v) is 4.56. The Morgan fingerprint density at radius 2 is 1.71 bits per heavy atom. The monoisotopic (exact) mass is 266 g/mol. The Morgan fingerprint density at radius 3 is 2.35 bits per heavy atom. The number of aryl methyl sites for hydroxylation is 1. The Bertz CT molecular complexity index is 506. The molecule has 17 heavy (non-hydrogen) atoms. The molecule has 1 aromatic heterocycles. The highest BCUT2D eigenvalue weighted by Crippen LogP contribution is 2.26. The summed E-state index contributed by atoms with van der Waals surface area (Å²) in [5.74, 6) is 0.565. The Balaban J connectivity index is 2.16. The zero-order valence-electron chi connectivity index (χ0n) is 9.16. The van der Waals surface area contributed by atoms with Gasteiger partial charge >= 0.3 is 0 Å². The molecule has 0 saturated carbocycles. The molecule has 0 fully saturated rings. The van der Waals surface area contributed by atoms with E-state index in [1.54, 1.807) is 6.20 Å². The third-order valence-corrected chi connectivity index (χ3v) is 3.34. The van der Waals surface area contributed by atoms with Gasteiger partial charge in [-0.15, -0.1) is 0 Å². The van der Waals surface area contributed by atoms with Crippen molar-refractivity contribution in [1.29, 1.82) is 0 Å². The number of nitrogens with two attached hydrogens (primary N) is 1. The molecule has 88 valence electrons. The fourth-order valence-corrected chi connectivity index (χ4v) is 2.28. The van der Waals surface area contributed by atoms with Crippen LogP contribution in [0, 0.1) is 0 Å². The average molecular weight is 267 g/mol. The number of halogens is 2. The van der Waals surface area contributed by atoms with Crippen LogP contribution in [0.4, 0.5) is 5.82 Å². The maximum absolute atomic E-state index is 6.10. The molecule has 0 aliphatic rings. The summed E-state index contributed by atoms with van der Waals surface area (Å²) >= 11 is 12.2. The summed E-state index contributed by atoms with van der Waals surface area (Å²) in [7, 11) is 0. The van der Waals surface area contributed by atoms with Gasteiger partial charge in [-0.1, -0.05) is 35.3 Å². The molecule has 0 aliphatic heterocycles. The third-order valence-electron chi connectivity index (χ3n) is 2.63. The SMILES string of the molecule is Nc1ncccc1CCc1c(Cl)cccc1Cl. The van der Waals surface area contributed by atoms with Crippen molar-refractivity contribution in [3.05, 3.63) is 57.7 Å². The normalized spacial score (nSPS) is 10.5. The fraction of sp³-hybridized carbons (Fsp3) is 0.154. The molecule has 2 N–H and O–H groups in total. The van der Waals surface area contributed by atoms with E-state index in [1.165, 1.54) is 0 Å². The van der Waals surface area contributed by atoms with Crippen LogP contribution in [0.2, 0.25) is 10.0 Å². The van der Waals surface area contributed by atoms with Crippen LogP contribution in [-0.2, 0) is 12.8 Å². The molecule has 0 unspecified atom stereocenters. The van der Waals surface area contributed by atoms with Crippen LogP contribution >= 0.6 is 23.2 Å². The summed E-state index contributed by atoms with van der Waals surface area (Å²) in [6.45, 7) is 0. The van der Waals surface area contributed by atoms with Crippen molar-refractivity contribution in [2.75, 3.05) is 5.73 Å². The second kappa shape index (κ2) is 5.39. The lowest BCUT2D eigenvalue weighted by Gasteiger charge is -2.07. The Hall–Kier alpha value is -1.25. The molecule has 2 nitrogen and oxygen atoms in total. The molecule has 0 aliphatic carbocycles. The predicted molar refractivity (Wildman–Crippen MR) is 72.5 cm³/mol. The Labute approximate surface area is 110 Å². The molecule has 0 atom stereocenters. The van der Waals surface area contributed by atoms with E-state index >= 15 is 0 Å². The second-order valence-electron chi connectivity index (χ2n) is 3.75. The third kappa shape index (κ3) is 2.90. The first-order chi connectivity index (χ1) is 8.18.